The van der Waals surface area contributed by atoms with E-state index >= 15 is 8.78 Å². The van der Waals surface area contributed by atoms with Crippen LogP contribution in [0.4, 0.5) is 27.6 Å². The number of nitrogens with zero attached hydrogens (tertiary/aromatic N) is 2. The molecule has 0 radical (unpaired) electrons. The Morgan fingerprint density at radius 3 is 2.36 bits per heavy atom. The number of carbonyl (C=O) groups is 2. The quantitative estimate of drug-likeness (QED) is 0.296. The van der Waals surface area contributed by atoms with Crippen LogP contribution in [0.5, 0.6) is 0 Å². The topological polar surface area (TPSA) is 110 Å². The fourth-order valence-electron chi connectivity index (χ4n) is 5.37. The summed E-state index contributed by atoms with van der Waals surface area (Å²) in [6.45, 7) is 6.51. The van der Waals surface area contributed by atoms with Gasteiger partial charge in [0.25, 0.3) is 5.91 Å². The van der Waals surface area contributed by atoms with Gasteiger partial charge < -0.3 is 29.4 Å². The Morgan fingerprint density at radius 2 is 1.76 bits per heavy atom. The van der Waals surface area contributed by atoms with Gasteiger partial charge in [-0.1, -0.05) is 18.2 Å². The molecule has 1 amide bonds. The molecule has 240 valence electrons. The molecule has 2 saturated heterocycles. The Morgan fingerprint density at radius 1 is 1.11 bits per heavy atom. The van der Waals surface area contributed by atoms with Crippen LogP contribution >= 0.6 is 0 Å². The highest BCUT2D eigenvalue weighted by atomic mass is 19.4. The van der Waals surface area contributed by atoms with Gasteiger partial charge in [-0.25, -0.2) is 13.6 Å². The molecule has 2 aromatic carbocycles. The predicted molar refractivity (Wildman–Crippen MR) is 154 cm³/mol. The number of aromatic nitrogens is 1. The first-order valence-electron chi connectivity index (χ1n) is 14.2. The van der Waals surface area contributed by atoms with Gasteiger partial charge in [0.15, 0.2) is 0 Å². The first kappa shape index (κ1) is 32.6. The van der Waals surface area contributed by atoms with Crippen LogP contribution in [0.1, 0.15) is 43.6 Å². The second kappa shape index (κ2) is 11.8. The number of fused-ring (bicyclic) bond motifs is 1. The lowest BCUT2D eigenvalue weighted by Gasteiger charge is -2.38. The third kappa shape index (κ3) is 6.33. The Kier molecular flexibility index (Phi) is 8.57. The van der Waals surface area contributed by atoms with Crippen molar-refractivity contribution in [3.05, 3.63) is 65.4 Å². The van der Waals surface area contributed by atoms with Crippen molar-refractivity contribution in [1.82, 2.24) is 10.3 Å². The third-order valence-corrected chi connectivity index (χ3v) is 8.51. The predicted octanol–water partition coefficient (Wildman–Crippen LogP) is 4.01. The number of carboxylic acid groups (broad SMARTS) is 1. The van der Waals surface area contributed by atoms with E-state index in [1.807, 2.05) is 27.7 Å². The molecule has 1 aromatic heterocycles. The maximum absolute atomic E-state index is 15.1. The van der Waals surface area contributed by atoms with Gasteiger partial charge in [0, 0.05) is 30.2 Å². The average molecular weight is 635 g/mol. The van der Waals surface area contributed by atoms with Gasteiger partial charge in [0.05, 0.1) is 29.9 Å². The number of ether oxygens (including phenoxy) is 1. The van der Waals surface area contributed by atoms with Crippen LogP contribution in [-0.2, 0) is 25.3 Å². The Bertz CT molecular complexity index is 1600. The zero-order chi connectivity index (χ0) is 32.9. The Labute approximate surface area is 255 Å². The molecular formula is C30H31BF5N3O6. The van der Waals surface area contributed by atoms with Crippen LogP contribution in [0.3, 0.4) is 0 Å². The number of benzene rings is 2. The zero-order valence-corrected chi connectivity index (χ0v) is 24.9. The summed E-state index contributed by atoms with van der Waals surface area (Å²) in [4.78, 5) is 30.4. The molecule has 0 aliphatic carbocycles. The van der Waals surface area contributed by atoms with Crippen LogP contribution in [0.25, 0.3) is 10.9 Å². The summed E-state index contributed by atoms with van der Waals surface area (Å²) in [6, 6.07) is 4.24. The monoisotopic (exact) mass is 635 g/mol. The minimum Gasteiger partial charge on any atom is -0.480 e. The largest absolute Gasteiger partial charge is 0.495 e. The number of hydrogen-bond acceptors (Lipinski definition) is 7. The summed E-state index contributed by atoms with van der Waals surface area (Å²) in [7, 11) is -0.733. The van der Waals surface area contributed by atoms with E-state index < -0.39 is 77.9 Å². The zero-order valence-electron chi connectivity index (χ0n) is 24.9. The van der Waals surface area contributed by atoms with E-state index in [0.717, 1.165) is 4.90 Å². The molecule has 15 heteroatoms. The molecule has 2 N–H and O–H groups in total. The summed E-state index contributed by atoms with van der Waals surface area (Å²) in [5.41, 5.74) is -1.29. The fourth-order valence-corrected chi connectivity index (χ4v) is 5.37. The van der Waals surface area contributed by atoms with E-state index in [0.29, 0.717) is 34.1 Å². The molecule has 45 heavy (non-hydrogen) atoms. The number of halogens is 5. The molecule has 2 aliphatic rings. The second-order valence-corrected chi connectivity index (χ2v) is 12.0. The molecule has 5 rings (SSSR count). The third-order valence-electron chi connectivity index (χ3n) is 8.51. The second-order valence-electron chi connectivity index (χ2n) is 12.0. The van der Waals surface area contributed by atoms with Crippen LogP contribution < -0.4 is 15.7 Å². The SMILES string of the molecule is CC1(C)OB(c2ccc(CC(NC(=O)c3c(F)cc(N4CCOCC4C(F)(F)F)cc3F)C(=O)O)c3ncccc23)OC1(C)C. The summed E-state index contributed by atoms with van der Waals surface area (Å²) in [5, 5.41) is 12.7. The molecular weight excluding hydrogens is 604 g/mol. The molecule has 9 nitrogen and oxygen atoms in total. The van der Waals surface area contributed by atoms with E-state index in [1.54, 1.807) is 24.3 Å². The molecule has 3 aromatic rings. The number of aliphatic carboxylic acids is 1. The number of nitrogens with one attached hydrogen (secondary N) is 1. The maximum atomic E-state index is 15.1. The van der Waals surface area contributed by atoms with Crippen LogP contribution in [0, 0.1) is 11.6 Å². The molecule has 0 saturated carbocycles. The molecule has 2 fully saturated rings. The molecule has 2 unspecified atom stereocenters. The van der Waals surface area contributed by atoms with E-state index in [2.05, 4.69) is 10.3 Å². The average Bonchev–Trinajstić information content (AvgIpc) is 3.17. The van der Waals surface area contributed by atoms with Gasteiger partial charge in [-0.15, -0.1) is 0 Å². The number of amides is 1. The Balaban J connectivity index is 1.39. The molecule has 0 spiro atoms. The van der Waals surface area contributed by atoms with Crippen molar-refractivity contribution in [2.75, 3.05) is 24.7 Å². The summed E-state index contributed by atoms with van der Waals surface area (Å²) >= 11 is 0. The van der Waals surface area contributed by atoms with Gasteiger partial charge >= 0.3 is 19.3 Å². The first-order valence-corrected chi connectivity index (χ1v) is 14.2. The molecule has 2 atom stereocenters. The number of rotatable bonds is 7. The minimum atomic E-state index is -4.74. The molecule has 0 bridgehead atoms. The fraction of sp³-hybridized carbons (Fsp3) is 0.433. The highest BCUT2D eigenvalue weighted by Gasteiger charge is 2.52. The van der Waals surface area contributed by atoms with Gasteiger partial charge in [-0.2, -0.15) is 13.2 Å². The highest BCUT2D eigenvalue weighted by Crippen LogP contribution is 2.37. The van der Waals surface area contributed by atoms with Crippen molar-refractivity contribution in [1.29, 1.82) is 0 Å². The molecule has 3 heterocycles. The van der Waals surface area contributed by atoms with E-state index in [1.165, 1.54) is 6.20 Å². The van der Waals surface area contributed by atoms with Crippen molar-refractivity contribution >= 4 is 41.0 Å². The van der Waals surface area contributed by atoms with Crippen molar-refractivity contribution in [3.8, 4) is 0 Å². The maximum Gasteiger partial charge on any atom is 0.495 e. The lowest BCUT2D eigenvalue weighted by atomic mass is 9.76. The number of carbonyl (C=O) groups excluding carboxylic acids is 1. The van der Waals surface area contributed by atoms with Crippen molar-refractivity contribution in [2.45, 2.75) is 63.6 Å². The van der Waals surface area contributed by atoms with Gasteiger partial charge in [0.1, 0.15) is 29.3 Å². The number of anilines is 1. The van der Waals surface area contributed by atoms with Crippen LogP contribution in [0.15, 0.2) is 42.6 Å². The number of morpholine rings is 1. The highest BCUT2D eigenvalue weighted by molar-refractivity contribution is 6.65. The normalized spacial score (nSPS) is 20.3. The molecule has 2 aliphatic heterocycles. The smallest absolute Gasteiger partial charge is 0.480 e. The summed E-state index contributed by atoms with van der Waals surface area (Å²) in [5.74, 6) is -5.76. The summed E-state index contributed by atoms with van der Waals surface area (Å²) < 4.78 is 87.9. The van der Waals surface area contributed by atoms with E-state index in [-0.39, 0.29) is 19.6 Å². The van der Waals surface area contributed by atoms with Gasteiger partial charge in [0.2, 0.25) is 0 Å². The Hall–Kier alpha value is -3.82. The minimum absolute atomic E-state index is 0.0977. The number of pyridine rings is 1. The van der Waals surface area contributed by atoms with E-state index in [4.69, 9.17) is 14.0 Å². The van der Waals surface area contributed by atoms with Gasteiger partial charge in [-0.05, 0) is 56.9 Å². The number of carboxylic acids is 1. The number of hydrogen-bond donors (Lipinski definition) is 2. The lowest BCUT2D eigenvalue weighted by Crippen LogP contribution is -2.53. The van der Waals surface area contributed by atoms with Crippen molar-refractivity contribution in [3.63, 3.8) is 0 Å². The van der Waals surface area contributed by atoms with Crippen molar-refractivity contribution in [2.24, 2.45) is 0 Å². The van der Waals surface area contributed by atoms with E-state index in [9.17, 15) is 27.9 Å². The number of alkyl halides is 3. The standard InChI is InChI=1S/C30H31BF5N3O6/c1-28(2)29(3,4)45-31(44-28)19-8-7-16(25-18(19)6-5-9-37-25)12-22(27(41)42)38-26(40)24-20(32)13-17(14-21(24)33)39-10-11-43-15-23(39)30(34,35)36/h5-9,13-14,22-23H,10-12,15H2,1-4H3,(H,38,40)(H,41,42). The van der Waals surface area contributed by atoms with Gasteiger partial charge in [-0.3, -0.25) is 9.78 Å². The van der Waals surface area contributed by atoms with Crippen LogP contribution in [-0.4, -0.2) is 78.3 Å². The van der Waals surface area contributed by atoms with Crippen LogP contribution in [0.2, 0.25) is 0 Å². The first-order chi connectivity index (χ1) is 21.0. The lowest BCUT2D eigenvalue weighted by molar-refractivity contribution is -0.167. The summed E-state index contributed by atoms with van der Waals surface area (Å²) in [6.07, 6.45) is -3.53. The van der Waals surface area contributed by atoms with Crippen molar-refractivity contribution < 1.29 is 50.7 Å².